The lowest BCUT2D eigenvalue weighted by Gasteiger charge is -2.16. The van der Waals surface area contributed by atoms with E-state index in [1.165, 1.54) is 12.0 Å². The Morgan fingerprint density at radius 3 is 2.78 bits per heavy atom. The molecule has 100 valence electrons. The van der Waals surface area contributed by atoms with Crippen LogP contribution >= 0.6 is 15.9 Å². The predicted molar refractivity (Wildman–Crippen MR) is 76.0 cm³/mol. The van der Waals surface area contributed by atoms with Gasteiger partial charge in [-0.15, -0.1) is 0 Å². The summed E-state index contributed by atoms with van der Waals surface area (Å²) in [7, 11) is 0. The SMILES string of the molecule is CC(C)CC(C)NCc1cc(Br)c2c(c1)OCO2. The van der Waals surface area contributed by atoms with Crippen LogP contribution in [0.25, 0.3) is 0 Å². The third-order valence-corrected chi connectivity index (χ3v) is 3.56. The van der Waals surface area contributed by atoms with Crippen molar-refractivity contribution in [2.45, 2.75) is 39.8 Å². The van der Waals surface area contributed by atoms with Gasteiger partial charge >= 0.3 is 0 Å². The van der Waals surface area contributed by atoms with Gasteiger partial charge < -0.3 is 14.8 Å². The largest absolute Gasteiger partial charge is 0.454 e. The number of rotatable bonds is 5. The molecule has 0 saturated heterocycles. The molecule has 1 aromatic carbocycles. The molecule has 1 aliphatic heterocycles. The number of benzene rings is 1. The second kappa shape index (κ2) is 5.93. The summed E-state index contributed by atoms with van der Waals surface area (Å²) in [6, 6.07) is 4.65. The molecule has 3 nitrogen and oxygen atoms in total. The average molecular weight is 314 g/mol. The number of nitrogens with one attached hydrogen (secondary N) is 1. The van der Waals surface area contributed by atoms with Crippen LogP contribution in [-0.2, 0) is 6.54 Å². The summed E-state index contributed by atoms with van der Waals surface area (Å²) < 4.78 is 11.7. The van der Waals surface area contributed by atoms with Crippen LogP contribution < -0.4 is 14.8 Å². The zero-order valence-corrected chi connectivity index (χ0v) is 12.7. The molecule has 0 aromatic heterocycles. The third-order valence-electron chi connectivity index (χ3n) is 2.97. The molecule has 0 aliphatic carbocycles. The van der Waals surface area contributed by atoms with Crippen LogP contribution in [-0.4, -0.2) is 12.8 Å². The first kappa shape index (κ1) is 13.7. The van der Waals surface area contributed by atoms with E-state index in [4.69, 9.17) is 9.47 Å². The molecule has 1 atom stereocenters. The second-order valence-corrected chi connectivity index (χ2v) is 6.08. The maximum Gasteiger partial charge on any atom is 0.231 e. The second-order valence-electron chi connectivity index (χ2n) is 5.22. The van der Waals surface area contributed by atoms with Crippen molar-refractivity contribution in [1.82, 2.24) is 5.32 Å². The van der Waals surface area contributed by atoms with Crippen LogP contribution in [0.4, 0.5) is 0 Å². The van der Waals surface area contributed by atoms with Crippen molar-refractivity contribution < 1.29 is 9.47 Å². The lowest BCUT2D eigenvalue weighted by Crippen LogP contribution is -2.26. The lowest BCUT2D eigenvalue weighted by molar-refractivity contribution is 0.173. The van der Waals surface area contributed by atoms with E-state index in [-0.39, 0.29) is 0 Å². The van der Waals surface area contributed by atoms with E-state index in [1.54, 1.807) is 0 Å². The first-order chi connectivity index (χ1) is 8.56. The molecule has 1 unspecified atom stereocenters. The Morgan fingerprint density at radius 1 is 1.28 bits per heavy atom. The highest BCUT2D eigenvalue weighted by Gasteiger charge is 2.18. The maximum atomic E-state index is 5.41. The summed E-state index contributed by atoms with van der Waals surface area (Å²) in [5.41, 5.74) is 1.21. The number of hydrogen-bond donors (Lipinski definition) is 1. The maximum absolute atomic E-state index is 5.41. The van der Waals surface area contributed by atoms with E-state index in [0.717, 1.165) is 28.4 Å². The van der Waals surface area contributed by atoms with Crippen LogP contribution in [0.2, 0.25) is 0 Å². The fraction of sp³-hybridized carbons (Fsp3) is 0.571. The fourth-order valence-electron chi connectivity index (χ4n) is 2.21. The van der Waals surface area contributed by atoms with Crippen molar-refractivity contribution in [2.24, 2.45) is 5.92 Å². The number of hydrogen-bond acceptors (Lipinski definition) is 3. The zero-order valence-electron chi connectivity index (χ0n) is 11.1. The van der Waals surface area contributed by atoms with Gasteiger partial charge in [-0.05, 0) is 52.9 Å². The Balaban J connectivity index is 1.96. The minimum atomic E-state index is 0.314. The molecule has 1 aliphatic rings. The quantitative estimate of drug-likeness (QED) is 0.899. The fourth-order valence-corrected chi connectivity index (χ4v) is 2.81. The molecular weight excluding hydrogens is 294 g/mol. The molecule has 4 heteroatoms. The standard InChI is InChI=1S/C14H20BrNO2/c1-9(2)4-10(3)16-7-11-5-12(15)14-13(6-11)17-8-18-14/h5-6,9-10,16H,4,7-8H2,1-3H3. The summed E-state index contributed by atoms with van der Waals surface area (Å²) >= 11 is 3.51. The van der Waals surface area contributed by atoms with Crippen molar-refractivity contribution in [3.63, 3.8) is 0 Å². The number of ether oxygens (including phenoxy) is 2. The Bertz CT molecular complexity index is 421. The van der Waals surface area contributed by atoms with Gasteiger partial charge in [0.25, 0.3) is 0 Å². The predicted octanol–water partition coefficient (Wildman–Crippen LogP) is 3.70. The number of halogens is 1. The molecule has 0 saturated carbocycles. The molecule has 1 aromatic rings. The van der Waals surface area contributed by atoms with Gasteiger partial charge in [-0.1, -0.05) is 13.8 Å². The Kier molecular flexibility index (Phi) is 4.51. The Hall–Kier alpha value is -0.740. The molecule has 2 rings (SSSR count). The van der Waals surface area contributed by atoms with Gasteiger partial charge in [0.15, 0.2) is 11.5 Å². The molecule has 18 heavy (non-hydrogen) atoms. The zero-order chi connectivity index (χ0) is 13.1. The van der Waals surface area contributed by atoms with Crippen LogP contribution in [0.3, 0.4) is 0 Å². The van der Waals surface area contributed by atoms with E-state index >= 15 is 0 Å². The first-order valence-electron chi connectivity index (χ1n) is 6.37. The van der Waals surface area contributed by atoms with Gasteiger partial charge in [0.2, 0.25) is 6.79 Å². The lowest BCUT2D eigenvalue weighted by atomic mass is 10.0. The smallest absolute Gasteiger partial charge is 0.231 e. The monoisotopic (exact) mass is 313 g/mol. The van der Waals surface area contributed by atoms with E-state index in [2.05, 4.69) is 48.1 Å². The molecular formula is C14H20BrNO2. The molecule has 0 spiro atoms. The van der Waals surface area contributed by atoms with E-state index in [9.17, 15) is 0 Å². The summed E-state index contributed by atoms with van der Waals surface area (Å²) in [6.45, 7) is 7.88. The highest BCUT2D eigenvalue weighted by atomic mass is 79.9. The molecule has 1 N–H and O–H groups in total. The molecule has 0 radical (unpaired) electrons. The molecule has 1 heterocycles. The summed E-state index contributed by atoms with van der Waals surface area (Å²) in [5.74, 6) is 2.36. The van der Waals surface area contributed by atoms with Crippen molar-refractivity contribution in [2.75, 3.05) is 6.79 Å². The van der Waals surface area contributed by atoms with Crippen LogP contribution in [0.1, 0.15) is 32.8 Å². The van der Waals surface area contributed by atoms with Crippen LogP contribution in [0, 0.1) is 5.92 Å². The van der Waals surface area contributed by atoms with Crippen molar-refractivity contribution in [3.05, 3.63) is 22.2 Å². The highest BCUT2D eigenvalue weighted by Crippen LogP contribution is 2.39. The van der Waals surface area contributed by atoms with Gasteiger partial charge in [-0.25, -0.2) is 0 Å². The first-order valence-corrected chi connectivity index (χ1v) is 7.17. The molecule has 0 bridgehead atoms. The van der Waals surface area contributed by atoms with Gasteiger partial charge in [-0.3, -0.25) is 0 Å². The summed E-state index contributed by atoms with van der Waals surface area (Å²) in [5, 5.41) is 3.53. The van der Waals surface area contributed by atoms with Crippen LogP contribution in [0.5, 0.6) is 11.5 Å². The van der Waals surface area contributed by atoms with E-state index in [1.807, 2.05) is 6.07 Å². The van der Waals surface area contributed by atoms with Crippen molar-refractivity contribution in [1.29, 1.82) is 0 Å². The minimum absolute atomic E-state index is 0.314. The van der Waals surface area contributed by atoms with Gasteiger partial charge in [0, 0.05) is 12.6 Å². The molecule has 0 amide bonds. The summed E-state index contributed by atoms with van der Waals surface area (Å²) in [6.07, 6.45) is 1.19. The van der Waals surface area contributed by atoms with E-state index < -0.39 is 0 Å². The van der Waals surface area contributed by atoms with Gasteiger partial charge in [0.05, 0.1) is 4.47 Å². The Labute approximate surface area is 117 Å². The average Bonchev–Trinajstić information content (AvgIpc) is 2.74. The van der Waals surface area contributed by atoms with Crippen LogP contribution in [0.15, 0.2) is 16.6 Å². The highest BCUT2D eigenvalue weighted by molar-refractivity contribution is 9.10. The Morgan fingerprint density at radius 2 is 2.06 bits per heavy atom. The molecule has 0 fully saturated rings. The van der Waals surface area contributed by atoms with Crippen molar-refractivity contribution >= 4 is 15.9 Å². The normalized spacial score (nSPS) is 15.2. The van der Waals surface area contributed by atoms with Gasteiger partial charge in [-0.2, -0.15) is 0 Å². The topological polar surface area (TPSA) is 30.5 Å². The third kappa shape index (κ3) is 3.39. The van der Waals surface area contributed by atoms with E-state index in [0.29, 0.717) is 12.8 Å². The minimum Gasteiger partial charge on any atom is -0.454 e. The number of fused-ring (bicyclic) bond motifs is 1. The van der Waals surface area contributed by atoms with Crippen molar-refractivity contribution in [3.8, 4) is 11.5 Å². The summed E-state index contributed by atoms with van der Waals surface area (Å²) in [4.78, 5) is 0. The van der Waals surface area contributed by atoms with Gasteiger partial charge in [0.1, 0.15) is 0 Å².